The van der Waals surface area contributed by atoms with Crippen LogP contribution in [-0.4, -0.2) is 20.9 Å². The molecule has 0 fully saturated rings. The van der Waals surface area contributed by atoms with Crippen LogP contribution in [0, 0.1) is 5.82 Å². The summed E-state index contributed by atoms with van der Waals surface area (Å²) in [6.07, 6.45) is 0. The molecule has 0 aliphatic rings. The van der Waals surface area contributed by atoms with Crippen LogP contribution in [-0.2, 0) is 0 Å². The van der Waals surface area contributed by atoms with Crippen molar-refractivity contribution in [2.24, 2.45) is 0 Å². The number of hydrogen-bond donors (Lipinski definition) is 1. The molecule has 1 N–H and O–H groups in total. The van der Waals surface area contributed by atoms with E-state index in [1.165, 1.54) is 12.1 Å². The van der Waals surface area contributed by atoms with Crippen molar-refractivity contribution >= 4 is 22.6 Å². The zero-order chi connectivity index (χ0) is 15.7. The smallest absolute Gasteiger partial charge is 0.255 e. The Bertz CT molecular complexity index is 841. The Hall–Kier alpha value is -2.76. The second kappa shape index (κ2) is 5.55. The third kappa shape index (κ3) is 2.55. The second-order valence-electron chi connectivity index (χ2n) is 5.27. The maximum atomic E-state index is 13.6. The molecule has 1 heterocycles. The average molecular weight is 298 g/mol. The maximum absolute atomic E-state index is 13.6. The van der Waals surface area contributed by atoms with Gasteiger partial charge in [0.1, 0.15) is 11.3 Å². The number of carbonyl (C=O) groups excluding carboxylic acids is 1. The number of benzene rings is 2. The zero-order valence-electron chi connectivity index (χ0n) is 12.2. The molecule has 0 radical (unpaired) electrons. The fourth-order valence-corrected chi connectivity index (χ4v) is 2.22. The van der Waals surface area contributed by atoms with E-state index in [0.29, 0.717) is 11.1 Å². The molecule has 3 rings (SSSR count). The molecule has 6 heteroatoms. The number of nitrogens with zero attached hydrogens (tertiary/aromatic N) is 3. The first-order chi connectivity index (χ1) is 10.6. The molecule has 5 nitrogen and oxygen atoms in total. The van der Waals surface area contributed by atoms with E-state index in [1.54, 1.807) is 35.0 Å². The Balaban J connectivity index is 1.90. The molecule has 2 aromatic carbocycles. The Kier molecular flexibility index (Phi) is 3.58. The molecule has 0 saturated heterocycles. The molecule has 1 amide bonds. The Labute approximate surface area is 126 Å². The number of fused-ring (bicyclic) bond motifs is 1. The van der Waals surface area contributed by atoms with E-state index in [1.807, 2.05) is 13.8 Å². The highest BCUT2D eigenvalue weighted by Crippen LogP contribution is 2.19. The van der Waals surface area contributed by atoms with Gasteiger partial charge in [-0.3, -0.25) is 4.79 Å². The van der Waals surface area contributed by atoms with E-state index in [2.05, 4.69) is 15.6 Å². The van der Waals surface area contributed by atoms with Crippen molar-refractivity contribution in [3.63, 3.8) is 0 Å². The van der Waals surface area contributed by atoms with Gasteiger partial charge in [0.15, 0.2) is 0 Å². The molecule has 0 unspecified atom stereocenters. The summed E-state index contributed by atoms with van der Waals surface area (Å²) in [5.74, 6) is -0.853. The molecular formula is C16H15FN4O. The van der Waals surface area contributed by atoms with Crippen molar-refractivity contribution in [1.82, 2.24) is 15.0 Å². The van der Waals surface area contributed by atoms with Crippen LogP contribution in [0.4, 0.5) is 10.1 Å². The minimum Gasteiger partial charge on any atom is -0.319 e. The molecule has 3 aromatic rings. The van der Waals surface area contributed by atoms with Crippen LogP contribution in [0.1, 0.15) is 30.2 Å². The number of amides is 1. The number of para-hydroxylation sites is 1. The zero-order valence-corrected chi connectivity index (χ0v) is 12.2. The van der Waals surface area contributed by atoms with Gasteiger partial charge in [0.2, 0.25) is 0 Å². The lowest BCUT2D eigenvalue weighted by Crippen LogP contribution is -2.13. The van der Waals surface area contributed by atoms with Crippen LogP contribution in [0.15, 0.2) is 42.5 Å². The average Bonchev–Trinajstić information content (AvgIpc) is 2.92. The summed E-state index contributed by atoms with van der Waals surface area (Å²) in [6, 6.07) is 11.4. The third-order valence-corrected chi connectivity index (χ3v) is 3.34. The first-order valence-electron chi connectivity index (χ1n) is 6.97. The van der Waals surface area contributed by atoms with E-state index in [-0.39, 0.29) is 17.6 Å². The maximum Gasteiger partial charge on any atom is 0.255 e. The fourth-order valence-electron chi connectivity index (χ4n) is 2.22. The van der Waals surface area contributed by atoms with E-state index in [9.17, 15) is 9.18 Å². The third-order valence-electron chi connectivity index (χ3n) is 3.34. The quantitative estimate of drug-likeness (QED) is 0.806. The second-order valence-corrected chi connectivity index (χ2v) is 5.27. The fraction of sp³-hybridized carbons (Fsp3) is 0.188. The number of aromatic nitrogens is 3. The van der Waals surface area contributed by atoms with Gasteiger partial charge < -0.3 is 5.32 Å². The van der Waals surface area contributed by atoms with E-state index >= 15 is 0 Å². The first-order valence-corrected chi connectivity index (χ1v) is 6.97. The van der Waals surface area contributed by atoms with Gasteiger partial charge in [0.25, 0.3) is 5.91 Å². The first kappa shape index (κ1) is 14.2. The van der Waals surface area contributed by atoms with Crippen LogP contribution in [0.25, 0.3) is 11.0 Å². The van der Waals surface area contributed by atoms with Gasteiger partial charge in [-0.25, -0.2) is 9.07 Å². The van der Waals surface area contributed by atoms with Crippen molar-refractivity contribution in [2.45, 2.75) is 19.9 Å². The van der Waals surface area contributed by atoms with E-state index in [4.69, 9.17) is 0 Å². The van der Waals surface area contributed by atoms with E-state index < -0.39 is 5.82 Å². The Morgan fingerprint density at radius 3 is 2.73 bits per heavy atom. The minimum atomic E-state index is -0.470. The van der Waals surface area contributed by atoms with Crippen LogP contribution in [0.2, 0.25) is 0 Å². The molecule has 22 heavy (non-hydrogen) atoms. The lowest BCUT2D eigenvalue weighted by atomic mass is 10.1. The van der Waals surface area contributed by atoms with Crippen molar-refractivity contribution in [3.05, 3.63) is 53.8 Å². The molecule has 0 spiro atoms. The molecule has 0 aliphatic heterocycles. The highest BCUT2D eigenvalue weighted by Gasteiger charge is 2.13. The summed E-state index contributed by atoms with van der Waals surface area (Å²) >= 11 is 0. The van der Waals surface area contributed by atoms with Gasteiger partial charge in [-0.05, 0) is 44.2 Å². The number of anilines is 1. The van der Waals surface area contributed by atoms with E-state index in [0.717, 1.165) is 5.52 Å². The molecular weight excluding hydrogens is 283 g/mol. The summed E-state index contributed by atoms with van der Waals surface area (Å²) in [4.78, 5) is 12.2. The molecule has 112 valence electrons. The predicted molar refractivity (Wildman–Crippen MR) is 82.3 cm³/mol. The van der Waals surface area contributed by atoms with Crippen LogP contribution in [0.5, 0.6) is 0 Å². The van der Waals surface area contributed by atoms with Crippen molar-refractivity contribution in [2.75, 3.05) is 5.32 Å². The van der Waals surface area contributed by atoms with Gasteiger partial charge in [-0.2, -0.15) is 0 Å². The minimum absolute atomic E-state index is 0.151. The van der Waals surface area contributed by atoms with Crippen LogP contribution < -0.4 is 5.32 Å². The van der Waals surface area contributed by atoms with Crippen LogP contribution in [0.3, 0.4) is 0 Å². The topological polar surface area (TPSA) is 59.8 Å². The summed E-state index contributed by atoms with van der Waals surface area (Å²) in [6.45, 7) is 4.01. The highest BCUT2D eigenvalue weighted by molar-refractivity contribution is 6.05. The van der Waals surface area contributed by atoms with Gasteiger partial charge in [0, 0.05) is 11.6 Å². The lowest BCUT2D eigenvalue weighted by molar-refractivity contribution is 0.102. The molecule has 0 atom stereocenters. The van der Waals surface area contributed by atoms with Crippen LogP contribution >= 0.6 is 0 Å². The van der Waals surface area contributed by atoms with Crippen molar-refractivity contribution in [1.29, 1.82) is 0 Å². The van der Waals surface area contributed by atoms with Gasteiger partial charge in [0.05, 0.1) is 11.2 Å². The van der Waals surface area contributed by atoms with Crippen molar-refractivity contribution in [3.8, 4) is 0 Å². The SMILES string of the molecule is CC(C)n1nnc2cc(C(=O)Nc3ccccc3F)ccc21. The van der Waals surface area contributed by atoms with Crippen molar-refractivity contribution < 1.29 is 9.18 Å². The molecule has 0 aliphatic carbocycles. The monoisotopic (exact) mass is 298 g/mol. The van der Waals surface area contributed by atoms with Gasteiger partial charge >= 0.3 is 0 Å². The molecule has 0 bridgehead atoms. The van der Waals surface area contributed by atoms with Gasteiger partial charge in [-0.1, -0.05) is 17.3 Å². The Morgan fingerprint density at radius 1 is 1.23 bits per heavy atom. The standard InChI is InChI=1S/C16H15FN4O/c1-10(2)21-15-8-7-11(9-14(15)19-20-21)16(22)18-13-6-4-3-5-12(13)17/h3-10H,1-2H3,(H,18,22). The summed E-state index contributed by atoms with van der Waals surface area (Å²) in [5.41, 5.74) is 2.05. The number of nitrogens with one attached hydrogen (secondary N) is 1. The molecule has 1 aromatic heterocycles. The Morgan fingerprint density at radius 2 is 2.00 bits per heavy atom. The highest BCUT2D eigenvalue weighted by atomic mass is 19.1. The number of rotatable bonds is 3. The largest absolute Gasteiger partial charge is 0.319 e. The molecule has 0 saturated carbocycles. The summed E-state index contributed by atoms with van der Waals surface area (Å²) in [5, 5.41) is 10.7. The summed E-state index contributed by atoms with van der Waals surface area (Å²) < 4.78 is 15.4. The number of halogens is 1. The summed E-state index contributed by atoms with van der Waals surface area (Å²) in [7, 11) is 0. The normalized spacial score (nSPS) is 11.1. The predicted octanol–water partition coefficient (Wildman–Crippen LogP) is 3.40. The number of carbonyl (C=O) groups is 1. The number of hydrogen-bond acceptors (Lipinski definition) is 3. The van der Waals surface area contributed by atoms with Gasteiger partial charge in [-0.15, -0.1) is 5.10 Å². The lowest BCUT2D eigenvalue weighted by Gasteiger charge is -2.07.